The van der Waals surface area contributed by atoms with Crippen LogP contribution in [0.4, 0.5) is 0 Å². The Morgan fingerprint density at radius 2 is 1.85 bits per heavy atom. The highest BCUT2D eigenvalue weighted by Crippen LogP contribution is 2.30. The van der Waals surface area contributed by atoms with Crippen LogP contribution < -0.4 is 0 Å². The van der Waals surface area contributed by atoms with Gasteiger partial charge in [-0.1, -0.05) is 30.3 Å². The standard InChI is InChI=1S/C20H23N5O/c1-15-14-22-18(16-6-4-3-5-7-16)25(15)17-8-11-24(12-9-17)20(26)19-21-10-13-23(19)2/h3-7,10,13-14,17H,8-9,11-12H2,1-2H3. The van der Waals surface area contributed by atoms with Gasteiger partial charge < -0.3 is 14.0 Å². The van der Waals surface area contributed by atoms with Crippen LogP contribution in [0.2, 0.25) is 0 Å². The number of amides is 1. The number of aryl methyl sites for hydroxylation is 2. The van der Waals surface area contributed by atoms with Gasteiger partial charge >= 0.3 is 0 Å². The number of hydrogen-bond donors (Lipinski definition) is 0. The molecule has 1 aliphatic heterocycles. The van der Waals surface area contributed by atoms with Crippen LogP contribution in [0.5, 0.6) is 0 Å². The Kier molecular flexibility index (Phi) is 4.32. The molecule has 0 radical (unpaired) electrons. The van der Waals surface area contributed by atoms with Gasteiger partial charge in [0, 0.05) is 56.0 Å². The van der Waals surface area contributed by atoms with Gasteiger partial charge in [-0.25, -0.2) is 9.97 Å². The van der Waals surface area contributed by atoms with Crippen LogP contribution in [0.15, 0.2) is 48.9 Å². The van der Waals surface area contributed by atoms with E-state index in [-0.39, 0.29) is 5.91 Å². The third-order valence-electron chi connectivity index (χ3n) is 5.14. The largest absolute Gasteiger partial charge is 0.336 e. The zero-order chi connectivity index (χ0) is 18.1. The molecule has 6 nitrogen and oxygen atoms in total. The molecule has 1 aliphatic rings. The molecule has 0 aliphatic carbocycles. The lowest BCUT2D eigenvalue weighted by Gasteiger charge is -2.33. The zero-order valence-corrected chi connectivity index (χ0v) is 15.2. The average molecular weight is 349 g/mol. The van der Waals surface area contributed by atoms with Gasteiger partial charge in [-0.3, -0.25) is 4.79 Å². The Labute approximate surface area is 153 Å². The average Bonchev–Trinajstić information content (AvgIpc) is 3.27. The van der Waals surface area contributed by atoms with E-state index in [0.29, 0.717) is 11.9 Å². The van der Waals surface area contributed by atoms with E-state index < -0.39 is 0 Å². The molecule has 6 heteroatoms. The molecule has 0 spiro atoms. The Balaban J connectivity index is 1.52. The van der Waals surface area contributed by atoms with Crippen LogP contribution in [0.1, 0.15) is 35.2 Å². The molecule has 0 atom stereocenters. The van der Waals surface area contributed by atoms with Gasteiger partial charge in [0.15, 0.2) is 5.82 Å². The lowest BCUT2D eigenvalue weighted by atomic mass is 10.0. The third kappa shape index (κ3) is 2.92. The number of aromatic nitrogens is 4. The maximum atomic E-state index is 12.7. The monoisotopic (exact) mass is 349 g/mol. The molecule has 0 unspecified atom stereocenters. The first-order valence-corrected chi connectivity index (χ1v) is 9.01. The minimum atomic E-state index is 0.0154. The van der Waals surface area contributed by atoms with Crippen LogP contribution in [0, 0.1) is 6.92 Å². The lowest BCUT2D eigenvalue weighted by Crippen LogP contribution is -2.40. The maximum Gasteiger partial charge on any atom is 0.289 e. The van der Waals surface area contributed by atoms with Gasteiger partial charge in [-0.05, 0) is 19.8 Å². The normalized spacial score (nSPS) is 15.4. The summed E-state index contributed by atoms with van der Waals surface area (Å²) < 4.78 is 4.11. The van der Waals surface area contributed by atoms with Crippen molar-refractivity contribution in [3.63, 3.8) is 0 Å². The highest BCUT2D eigenvalue weighted by Gasteiger charge is 2.28. The molecule has 1 aromatic carbocycles. The summed E-state index contributed by atoms with van der Waals surface area (Å²) in [6.45, 7) is 3.58. The summed E-state index contributed by atoms with van der Waals surface area (Å²) in [5, 5.41) is 0. The van der Waals surface area contributed by atoms with Gasteiger partial charge in [0.05, 0.1) is 0 Å². The minimum Gasteiger partial charge on any atom is -0.336 e. The van der Waals surface area contributed by atoms with Crippen molar-refractivity contribution in [1.82, 2.24) is 24.0 Å². The van der Waals surface area contributed by atoms with Crippen LogP contribution >= 0.6 is 0 Å². The second-order valence-corrected chi connectivity index (χ2v) is 6.84. The van der Waals surface area contributed by atoms with E-state index in [0.717, 1.165) is 43.0 Å². The number of piperidine rings is 1. The van der Waals surface area contributed by atoms with E-state index >= 15 is 0 Å². The Morgan fingerprint density at radius 1 is 1.12 bits per heavy atom. The molecule has 1 amide bonds. The maximum absolute atomic E-state index is 12.7. The molecule has 4 rings (SSSR count). The molecular weight excluding hydrogens is 326 g/mol. The second kappa shape index (κ2) is 6.78. The van der Waals surface area contributed by atoms with Crippen molar-refractivity contribution < 1.29 is 4.79 Å². The molecule has 3 heterocycles. The number of imidazole rings is 2. The molecule has 26 heavy (non-hydrogen) atoms. The molecule has 1 fully saturated rings. The predicted octanol–water partition coefficient (Wildman–Crippen LogP) is 3.07. The topological polar surface area (TPSA) is 56.0 Å². The molecule has 0 N–H and O–H groups in total. The van der Waals surface area contributed by atoms with Crippen molar-refractivity contribution in [2.75, 3.05) is 13.1 Å². The number of carbonyl (C=O) groups excluding carboxylic acids is 1. The first-order chi connectivity index (χ1) is 12.6. The molecular formula is C20H23N5O. The summed E-state index contributed by atoms with van der Waals surface area (Å²) in [5.41, 5.74) is 2.30. The first-order valence-electron chi connectivity index (χ1n) is 9.01. The number of hydrogen-bond acceptors (Lipinski definition) is 3. The number of likely N-dealkylation sites (tertiary alicyclic amines) is 1. The molecule has 0 bridgehead atoms. The van der Waals surface area contributed by atoms with E-state index in [9.17, 15) is 4.79 Å². The molecule has 0 saturated carbocycles. The van der Waals surface area contributed by atoms with Gasteiger partial charge in [0.2, 0.25) is 0 Å². The van der Waals surface area contributed by atoms with E-state index in [2.05, 4.69) is 33.6 Å². The summed E-state index contributed by atoms with van der Waals surface area (Å²) in [7, 11) is 1.86. The highest BCUT2D eigenvalue weighted by molar-refractivity contribution is 5.90. The van der Waals surface area contributed by atoms with Gasteiger partial charge in [-0.15, -0.1) is 0 Å². The molecule has 2 aromatic heterocycles. The van der Waals surface area contributed by atoms with Crippen LogP contribution in [-0.2, 0) is 7.05 Å². The van der Waals surface area contributed by atoms with Crippen LogP contribution in [0.3, 0.4) is 0 Å². The summed E-state index contributed by atoms with van der Waals surface area (Å²) >= 11 is 0. The second-order valence-electron chi connectivity index (χ2n) is 6.84. The van der Waals surface area contributed by atoms with Crippen molar-refractivity contribution in [3.05, 3.63) is 60.4 Å². The van der Waals surface area contributed by atoms with E-state index in [1.165, 1.54) is 0 Å². The quantitative estimate of drug-likeness (QED) is 0.730. The lowest BCUT2D eigenvalue weighted by molar-refractivity contribution is 0.0678. The van der Waals surface area contributed by atoms with Crippen LogP contribution in [0.25, 0.3) is 11.4 Å². The van der Waals surface area contributed by atoms with Crippen molar-refractivity contribution in [3.8, 4) is 11.4 Å². The Hall–Kier alpha value is -2.89. The van der Waals surface area contributed by atoms with E-state index in [1.807, 2.05) is 36.3 Å². The van der Waals surface area contributed by atoms with Gasteiger partial charge in [0.25, 0.3) is 5.91 Å². The molecule has 1 saturated heterocycles. The van der Waals surface area contributed by atoms with E-state index in [1.54, 1.807) is 17.0 Å². The van der Waals surface area contributed by atoms with Crippen molar-refractivity contribution in [2.45, 2.75) is 25.8 Å². The fourth-order valence-electron chi connectivity index (χ4n) is 3.75. The Morgan fingerprint density at radius 3 is 2.50 bits per heavy atom. The number of rotatable bonds is 3. The SMILES string of the molecule is Cc1cnc(-c2ccccc2)n1C1CCN(C(=O)c2nccn2C)CC1. The molecule has 134 valence electrons. The summed E-state index contributed by atoms with van der Waals surface area (Å²) in [6.07, 6.45) is 7.26. The smallest absolute Gasteiger partial charge is 0.289 e. The number of carbonyl (C=O) groups is 1. The summed E-state index contributed by atoms with van der Waals surface area (Å²) in [4.78, 5) is 23.4. The minimum absolute atomic E-state index is 0.0154. The van der Waals surface area contributed by atoms with Crippen molar-refractivity contribution >= 4 is 5.91 Å². The Bertz CT molecular complexity index is 903. The summed E-state index contributed by atoms with van der Waals surface area (Å²) in [6, 6.07) is 10.6. The van der Waals surface area contributed by atoms with Crippen molar-refractivity contribution in [2.24, 2.45) is 7.05 Å². The fourth-order valence-corrected chi connectivity index (χ4v) is 3.75. The van der Waals surface area contributed by atoms with Crippen molar-refractivity contribution in [1.29, 1.82) is 0 Å². The fraction of sp³-hybridized carbons (Fsp3) is 0.350. The first kappa shape index (κ1) is 16.6. The number of benzene rings is 1. The molecule has 3 aromatic rings. The van der Waals surface area contributed by atoms with Gasteiger partial charge in [0.1, 0.15) is 5.82 Å². The van der Waals surface area contributed by atoms with E-state index in [4.69, 9.17) is 0 Å². The van der Waals surface area contributed by atoms with Crippen LogP contribution in [-0.4, -0.2) is 43.0 Å². The third-order valence-corrected chi connectivity index (χ3v) is 5.14. The highest BCUT2D eigenvalue weighted by atomic mass is 16.2. The number of nitrogens with zero attached hydrogens (tertiary/aromatic N) is 5. The summed E-state index contributed by atoms with van der Waals surface area (Å²) in [5.74, 6) is 1.53. The van der Waals surface area contributed by atoms with Gasteiger partial charge in [-0.2, -0.15) is 0 Å². The zero-order valence-electron chi connectivity index (χ0n) is 15.2. The predicted molar refractivity (Wildman–Crippen MR) is 99.8 cm³/mol.